The number of methoxy groups -OCH3 is 2. The van der Waals surface area contributed by atoms with Crippen molar-refractivity contribution in [2.24, 2.45) is 7.05 Å². The van der Waals surface area contributed by atoms with Crippen molar-refractivity contribution in [1.29, 1.82) is 0 Å². The molecule has 0 aliphatic rings. The average Bonchev–Trinajstić information content (AvgIpc) is 3.20. The summed E-state index contributed by atoms with van der Waals surface area (Å²) in [4.78, 5) is 13.4. The monoisotopic (exact) mass is 424 g/mol. The number of benzene rings is 2. The van der Waals surface area contributed by atoms with Crippen LogP contribution in [0.1, 0.15) is 0 Å². The average molecular weight is 424 g/mol. The third-order valence-corrected chi connectivity index (χ3v) is 5.26. The lowest BCUT2D eigenvalue weighted by molar-refractivity contribution is 0.405. The quantitative estimate of drug-likeness (QED) is 0.469. The summed E-state index contributed by atoms with van der Waals surface area (Å²) in [7, 11) is 3.36. The Labute approximate surface area is 175 Å². The Balaban J connectivity index is 1.76. The summed E-state index contributed by atoms with van der Waals surface area (Å²) in [6.07, 6.45) is 3.26. The molecule has 0 radical (unpaired) electrons. The molecule has 154 valence electrons. The number of aromatic nitrogens is 4. The van der Waals surface area contributed by atoms with Gasteiger partial charge in [0.1, 0.15) is 11.5 Å². The number of fused-ring (bicyclic) bond motifs is 1. The molecule has 0 amide bonds. The first-order valence-corrected chi connectivity index (χ1v) is 10.1. The summed E-state index contributed by atoms with van der Waals surface area (Å²) in [5.41, 5.74) is 1.99. The molecular weight excluding hydrogens is 404 g/mol. The lowest BCUT2D eigenvalue weighted by Crippen LogP contribution is -2.10. The Morgan fingerprint density at radius 2 is 1.73 bits per heavy atom. The molecule has 10 heteroatoms. The number of anilines is 3. The molecule has 9 nitrogen and oxygen atoms in total. The summed E-state index contributed by atoms with van der Waals surface area (Å²) >= 11 is 0. The maximum atomic E-state index is 12.8. The van der Waals surface area contributed by atoms with Crippen molar-refractivity contribution in [2.75, 3.05) is 24.3 Å². The SMILES string of the molecule is COc1ccc(OC)c(Nc2nc3ccccc3nc2NS(=O)c2cn(C)cn2)c1. The van der Waals surface area contributed by atoms with Crippen LogP contribution < -0.4 is 19.5 Å². The third kappa shape index (κ3) is 4.03. The first-order valence-electron chi connectivity index (χ1n) is 8.99. The number of hydrogen-bond donors (Lipinski definition) is 2. The molecule has 0 aliphatic carbocycles. The number of nitrogens with zero attached hydrogens (tertiary/aromatic N) is 4. The highest BCUT2D eigenvalue weighted by Gasteiger charge is 2.16. The van der Waals surface area contributed by atoms with Crippen LogP contribution in [0.2, 0.25) is 0 Å². The van der Waals surface area contributed by atoms with Crippen LogP contribution in [0.4, 0.5) is 17.3 Å². The van der Waals surface area contributed by atoms with Crippen LogP contribution in [-0.4, -0.2) is 37.9 Å². The van der Waals surface area contributed by atoms with E-state index in [0.717, 1.165) is 0 Å². The number of nitrogens with one attached hydrogen (secondary N) is 2. The van der Waals surface area contributed by atoms with Gasteiger partial charge in [-0.15, -0.1) is 0 Å². The second-order valence-corrected chi connectivity index (χ2v) is 7.51. The Hall–Kier alpha value is -3.66. The molecule has 0 aliphatic heterocycles. The summed E-state index contributed by atoms with van der Waals surface area (Å²) in [5.74, 6) is 1.97. The number of rotatable bonds is 7. The normalized spacial score (nSPS) is 11.8. The highest BCUT2D eigenvalue weighted by molar-refractivity contribution is 7.86. The third-order valence-electron chi connectivity index (χ3n) is 4.29. The molecule has 30 heavy (non-hydrogen) atoms. The molecule has 0 spiro atoms. The van der Waals surface area contributed by atoms with Crippen molar-refractivity contribution in [3.63, 3.8) is 0 Å². The fourth-order valence-corrected chi connectivity index (χ4v) is 3.65. The van der Waals surface area contributed by atoms with Crippen molar-refractivity contribution in [3.8, 4) is 11.5 Å². The van der Waals surface area contributed by atoms with Gasteiger partial charge in [0.25, 0.3) is 0 Å². The van der Waals surface area contributed by atoms with Gasteiger partial charge in [-0.3, -0.25) is 4.72 Å². The first kappa shape index (κ1) is 19.6. The molecular formula is C20H20N6O3S. The summed E-state index contributed by atoms with van der Waals surface area (Å²) < 4.78 is 28.2. The van der Waals surface area contributed by atoms with Gasteiger partial charge in [0.15, 0.2) is 27.6 Å². The zero-order valence-electron chi connectivity index (χ0n) is 16.6. The van der Waals surface area contributed by atoms with Crippen molar-refractivity contribution in [3.05, 3.63) is 55.0 Å². The zero-order chi connectivity index (χ0) is 21.1. The van der Waals surface area contributed by atoms with Crippen LogP contribution in [0.15, 0.2) is 60.0 Å². The molecule has 1 unspecified atom stereocenters. The predicted octanol–water partition coefficient (Wildman–Crippen LogP) is 3.26. The Morgan fingerprint density at radius 3 is 2.37 bits per heavy atom. The van der Waals surface area contributed by atoms with E-state index in [1.54, 1.807) is 49.5 Å². The number of para-hydroxylation sites is 2. The van der Waals surface area contributed by atoms with Crippen molar-refractivity contribution < 1.29 is 13.7 Å². The molecule has 4 rings (SSSR count). The minimum Gasteiger partial charge on any atom is -0.497 e. The van der Waals surface area contributed by atoms with Crippen molar-refractivity contribution in [1.82, 2.24) is 19.5 Å². The van der Waals surface area contributed by atoms with E-state index in [2.05, 4.69) is 25.0 Å². The van der Waals surface area contributed by atoms with Crippen molar-refractivity contribution in [2.45, 2.75) is 5.03 Å². The first-order chi connectivity index (χ1) is 14.6. The summed E-state index contributed by atoms with van der Waals surface area (Å²) in [6, 6.07) is 12.8. The van der Waals surface area contributed by atoms with E-state index in [1.807, 2.05) is 31.3 Å². The minimum atomic E-state index is -1.62. The highest BCUT2D eigenvalue weighted by atomic mass is 32.2. The lowest BCUT2D eigenvalue weighted by Gasteiger charge is -2.15. The number of ether oxygens (including phenoxy) is 2. The topological polar surface area (TPSA) is 103 Å². The minimum absolute atomic E-state index is 0.322. The molecule has 2 N–H and O–H groups in total. The summed E-state index contributed by atoms with van der Waals surface area (Å²) in [6.45, 7) is 0. The van der Waals surface area contributed by atoms with Gasteiger partial charge in [0.2, 0.25) is 0 Å². The molecule has 0 saturated heterocycles. The van der Waals surface area contributed by atoms with Crippen LogP contribution in [0.3, 0.4) is 0 Å². The number of imidazole rings is 1. The predicted molar refractivity (Wildman–Crippen MR) is 116 cm³/mol. The van der Waals surface area contributed by atoms with Gasteiger partial charge in [0.05, 0.1) is 37.3 Å². The van der Waals surface area contributed by atoms with Crippen molar-refractivity contribution >= 4 is 39.3 Å². The maximum Gasteiger partial charge on any atom is 0.182 e. The van der Waals surface area contributed by atoms with E-state index in [1.165, 1.54) is 0 Å². The molecule has 0 saturated carbocycles. The lowest BCUT2D eigenvalue weighted by atomic mass is 10.2. The molecule has 4 aromatic rings. The molecule has 1 atom stereocenters. The van der Waals surface area contributed by atoms with Crippen LogP contribution in [0.5, 0.6) is 11.5 Å². The van der Waals surface area contributed by atoms with Gasteiger partial charge >= 0.3 is 0 Å². The Kier molecular flexibility index (Phi) is 5.48. The van der Waals surface area contributed by atoms with Crippen LogP contribution in [-0.2, 0) is 18.0 Å². The fraction of sp³-hybridized carbons (Fsp3) is 0.150. The summed E-state index contributed by atoms with van der Waals surface area (Å²) in [5, 5.41) is 3.61. The fourth-order valence-electron chi connectivity index (χ4n) is 2.82. The van der Waals surface area contributed by atoms with Gasteiger partial charge in [-0.2, -0.15) is 0 Å². The Morgan fingerprint density at radius 1 is 1.00 bits per heavy atom. The molecule has 0 bridgehead atoms. The van der Waals surface area contributed by atoms with Gasteiger partial charge in [-0.05, 0) is 24.3 Å². The molecule has 2 aromatic carbocycles. The zero-order valence-corrected chi connectivity index (χ0v) is 17.4. The second kappa shape index (κ2) is 8.37. The van der Waals surface area contributed by atoms with Crippen LogP contribution in [0, 0.1) is 0 Å². The van der Waals surface area contributed by atoms with E-state index in [0.29, 0.717) is 44.9 Å². The van der Waals surface area contributed by atoms with Gasteiger partial charge < -0.3 is 19.4 Å². The van der Waals surface area contributed by atoms with Crippen LogP contribution in [0.25, 0.3) is 11.0 Å². The number of hydrogen-bond acceptors (Lipinski definition) is 7. The second-order valence-electron chi connectivity index (χ2n) is 6.35. The smallest absolute Gasteiger partial charge is 0.182 e. The van der Waals surface area contributed by atoms with E-state index in [4.69, 9.17) is 9.47 Å². The highest BCUT2D eigenvalue weighted by Crippen LogP contribution is 2.33. The Bertz CT molecular complexity index is 1230. The van der Waals surface area contributed by atoms with Gasteiger partial charge in [0, 0.05) is 19.3 Å². The van der Waals surface area contributed by atoms with E-state index in [9.17, 15) is 4.21 Å². The maximum absolute atomic E-state index is 12.8. The van der Waals surface area contributed by atoms with E-state index >= 15 is 0 Å². The molecule has 2 heterocycles. The van der Waals surface area contributed by atoms with E-state index < -0.39 is 11.0 Å². The van der Waals surface area contributed by atoms with Gasteiger partial charge in [-0.1, -0.05) is 12.1 Å². The standard InChI is InChI=1S/C20H20N6O3S/c1-26-11-18(21-12-26)30(27)25-20-19(22-14-6-4-5-7-15(14)23-20)24-16-10-13(28-2)8-9-17(16)29-3/h4-12H,1-3H3,(H,22,24)(H,23,25). The largest absolute Gasteiger partial charge is 0.497 e. The van der Waals surface area contributed by atoms with Gasteiger partial charge in [-0.25, -0.2) is 19.2 Å². The molecule has 2 aromatic heterocycles. The van der Waals surface area contributed by atoms with E-state index in [-0.39, 0.29) is 0 Å². The van der Waals surface area contributed by atoms with Crippen LogP contribution >= 0.6 is 0 Å². The molecule has 0 fully saturated rings. The number of aryl methyl sites for hydroxylation is 1.